The van der Waals surface area contributed by atoms with Gasteiger partial charge in [0.15, 0.2) is 0 Å². The minimum Gasteiger partial charge on any atom is -0.496 e. The topological polar surface area (TPSA) is 27.7 Å². The molecule has 4 heteroatoms. The second kappa shape index (κ2) is 6.33. The van der Waals surface area contributed by atoms with Gasteiger partial charge < -0.3 is 14.2 Å². The first kappa shape index (κ1) is 12.8. The highest BCUT2D eigenvalue weighted by molar-refractivity contribution is 7.99. The third-order valence-corrected chi connectivity index (χ3v) is 3.11. The third-order valence-electron chi connectivity index (χ3n) is 2.02. The van der Waals surface area contributed by atoms with Gasteiger partial charge in [-0.05, 0) is 0 Å². The van der Waals surface area contributed by atoms with Crippen molar-refractivity contribution in [3.63, 3.8) is 0 Å². The average Bonchev–Trinajstić information content (AvgIpc) is 2.35. The van der Waals surface area contributed by atoms with Crippen molar-refractivity contribution in [3.05, 3.63) is 24.8 Å². The molecular formula is C12H16O3S. The molecule has 1 aromatic carbocycles. The lowest BCUT2D eigenvalue weighted by atomic mass is 10.3. The number of benzene rings is 1. The second-order valence-electron chi connectivity index (χ2n) is 2.96. The Labute approximate surface area is 100 Å². The van der Waals surface area contributed by atoms with E-state index >= 15 is 0 Å². The molecule has 88 valence electrons. The molecule has 0 radical (unpaired) electrons. The van der Waals surface area contributed by atoms with Gasteiger partial charge in [-0.25, -0.2) is 0 Å². The monoisotopic (exact) mass is 240 g/mol. The molecule has 16 heavy (non-hydrogen) atoms. The molecular weight excluding hydrogens is 224 g/mol. The van der Waals surface area contributed by atoms with Crippen molar-refractivity contribution >= 4 is 11.8 Å². The lowest BCUT2D eigenvalue weighted by molar-refractivity contribution is 0.361. The van der Waals surface area contributed by atoms with Crippen LogP contribution in [-0.4, -0.2) is 27.1 Å². The van der Waals surface area contributed by atoms with Crippen LogP contribution >= 0.6 is 11.8 Å². The van der Waals surface area contributed by atoms with Crippen molar-refractivity contribution < 1.29 is 14.2 Å². The van der Waals surface area contributed by atoms with Gasteiger partial charge in [0.1, 0.15) is 17.2 Å². The lowest BCUT2D eigenvalue weighted by Gasteiger charge is -2.13. The van der Waals surface area contributed by atoms with E-state index in [1.807, 2.05) is 18.2 Å². The van der Waals surface area contributed by atoms with Crippen molar-refractivity contribution in [2.45, 2.75) is 4.90 Å². The Morgan fingerprint density at radius 3 is 2.06 bits per heavy atom. The fourth-order valence-electron chi connectivity index (χ4n) is 1.26. The summed E-state index contributed by atoms with van der Waals surface area (Å²) >= 11 is 1.62. The quantitative estimate of drug-likeness (QED) is 0.564. The molecule has 0 unspecified atom stereocenters. The fraction of sp³-hybridized carbons (Fsp3) is 0.333. The Kier molecular flexibility index (Phi) is 5.05. The summed E-state index contributed by atoms with van der Waals surface area (Å²) in [5.74, 6) is 3.03. The van der Waals surface area contributed by atoms with E-state index in [-0.39, 0.29) is 0 Å². The molecule has 0 amide bonds. The summed E-state index contributed by atoms with van der Waals surface area (Å²) in [5, 5.41) is 0. The summed E-state index contributed by atoms with van der Waals surface area (Å²) in [5.41, 5.74) is 0. The third kappa shape index (κ3) is 2.85. The van der Waals surface area contributed by atoms with Crippen LogP contribution in [0.5, 0.6) is 17.2 Å². The van der Waals surface area contributed by atoms with Crippen LogP contribution in [0.1, 0.15) is 0 Å². The van der Waals surface area contributed by atoms with Crippen molar-refractivity contribution in [3.8, 4) is 17.2 Å². The van der Waals surface area contributed by atoms with E-state index in [0.717, 1.165) is 27.9 Å². The Morgan fingerprint density at radius 1 is 1.12 bits per heavy atom. The highest BCUT2D eigenvalue weighted by atomic mass is 32.2. The number of methoxy groups -OCH3 is 3. The van der Waals surface area contributed by atoms with Gasteiger partial charge in [0, 0.05) is 17.9 Å². The molecule has 0 bridgehead atoms. The Bertz CT molecular complexity index is 338. The number of rotatable bonds is 6. The fourth-order valence-corrected chi connectivity index (χ4v) is 2.11. The van der Waals surface area contributed by atoms with E-state index in [2.05, 4.69) is 6.58 Å². The molecule has 0 aliphatic rings. The largest absolute Gasteiger partial charge is 0.496 e. The summed E-state index contributed by atoms with van der Waals surface area (Å²) < 4.78 is 15.8. The van der Waals surface area contributed by atoms with Gasteiger partial charge in [0.25, 0.3) is 0 Å². The van der Waals surface area contributed by atoms with Gasteiger partial charge in [-0.3, -0.25) is 0 Å². The minimum absolute atomic E-state index is 0.719. The highest BCUT2D eigenvalue weighted by Gasteiger charge is 2.12. The molecule has 0 fully saturated rings. The molecule has 0 N–H and O–H groups in total. The summed E-state index contributed by atoms with van der Waals surface area (Å²) in [4.78, 5) is 0.964. The van der Waals surface area contributed by atoms with Crippen molar-refractivity contribution in [1.29, 1.82) is 0 Å². The van der Waals surface area contributed by atoms with Gasteiger partial charge in [-0.2, -0.15) is 0 Å². The first-order valence-corrected chi connectivity index (χ1v) is 5.79. The molecule has 0 saturated heterocycles. The van der Waals surface area contributed by atoms with Crippen molar-refractivity contribution in [2.24, 2.45) is 0 Å². The predicted molar refractivity (Wildman–Crippen MR) is 67.0 cm³/mol. The van der Waals surface area contributed by atoms with Gasteiger partial charge in [-0.15, -0.1) is 18.3 Å². The van der Waals surface area contributed by atoms with E-state index in [9.17, 15) is 0 Å². The molecule has 1 aromatic rings. The molecule has 0 saturated carbocycles. The average molecular weight is 240 g/mol. The SMILES string of the molecule is C=CCSc1c(OC)cc(OC)cc1OC. The Hall–Kier alpha value is -1.29. The number of hydrogen-bond donors (Lipinski definition) is 0. The van der Waals surface area contributed by atoms with E-state index in [0.29, 0.717) is 0 Å². The van der Waals surface area contributed by atoms with Crippen LogP contribution in [0.2, 0.25) is 0 Å². The minimum atomic E-state index is 0.719. The van der Waals surface area contributed by atoms with Crippen LogP contribution in [0.25, 0.3) is 0 Å². The first-order chi connectivity index (χ1) is 7.76. The van der Waals surface area contributed by atoms with Gasteiger partial charge >= 0.3 is 0 Å². The highest BCUT2D eigenvalue weighted by Crippen LogP contribution is 2.41. The van der Waals surface area contributed by atoms with Gasteiger partial charge in [0.2, 0.25) is 0 Å². The maximum atomic E-state index is 5.31. The maximum Gasteiger partial charge on any atom is 0.139 e. The lowest BCUT2D eigenvalue weighted by Crippen LogP contribution is -1.94. The number of thioether (sulfide) groups is 1. The van der Waals surface area contributed by atoms with E-state index < -0.39 is 0 Å². The zero-order valence-corrected chi connectivity index (χ0v) is 10.6. The first-order valence-electron chi connectivity index (χ1n) is 4.80. The Balaban J connectivity index is 3.14. The predicted octanol–water partition coefficient (Wildman–Crippen LogP) is 2.99. The van der Waals surface area contributed by atoms with E-state index in [4.69, 9.17) is 14.2 Å². The van der Waals surface area contributed by atoms with Crippen molar-refractivity contribution in [2.75, 3.05) is 27.1 Å². The smallest absolute Gasteiger partial charge is 0.139 e. The normalized spacial score (nSPS) is 9.69. The molecule has 0 spiro atoms. The van der Waals surface area contributed by atoms with Crippen LogP contribution in [0, 0.1) is 0 Å². The van der Waals surface area contributed by atoms with Crippen LogP contribution in [-0.2, 0) is 0 Å². The molecule has 1 rings (SSSR count). The van der Waals surface area contributed by atoms with E-state index in [1.54, 1.807) is 33.1 Å². The van der Waals surface area contributed by atoms with Crippen LogP contribution in [0.15, 0.2) is 29.7 Å². The molecule has 0 aliphatic heterocycles. The van der Waals surface area contributed by atoms with E-state index in [1.165, 1.54) is 0 Å². The summed E-state index contributed by atoms with van der Waals surface area (Å²) in [7, 11) is 4.88. The molecule has 3 nitrogen and oxygen atoms in total. The molecule has 0 aromatic heterocycles. The summed E-state index contributed by atoms with van der Waals surface area (Å²) in [6.07, 6.45) is 1.84. The zero-order chi connectivity index (χ0) is 12.0. The molecule has 0 aliphatic carbocycles. The van der Waals surface area contributed by atoms with Crippen LogP contribution < -0.4 is 14.2 Å². The Morgan fingerprint density at radius 2 is 1.69 bits per heavy atom. The zero-order valence-electron chi connectivity index (χ0n) is 9.78. The number of ether oxygens (including phenoxy) is 3. The molecule has 0 heterocycles. The number of hydrogen-bond acceptors (Lipinski definition) is 4. The van der Waals surface area contributed by atoms with Crippen molar-refractivity contribution in [1.82, 2.24) is 0 Å². The van der Waals surface area contributed by atoms with Gasteiger partial charge in [-0.1, -0.05) is 6.08 Å². The molecule has 0 atom stereocenters. The van der Waals surface area contributed by atoms with Gasteiger partial charge in [0.05, 0.1) is 26.2 Å². The summed E-state index contributed by atoms with van der Waals surface area (Å²) in [6, 6.07) is 3.68. The maximum absolute atomic E-state index is 5.31. The van der Waals surface area contributed by atoms with Crippen LogP contribution in [0.4, 0.5) is 0 Å². The standard InChI is InChI=1S/C12H16O3S/c1-5-6-16-12-10(14-3)7-9(13-2)8-11(12)15-4/h5,7-8H,1,6H2,2-4H3. The van der Waals surface area contributed by atoms with Crippen LogP contribution in [0.3, 0.4) is 0 Å². The second-order valence-corrected chi connectivity index (χ2v) is 3.99. The summed E-state index contributed by atoms with van der Waals surface area (Å²) in [6.45, 7) is 3.69.